The Labute approximate surface area is 194 Å². The molecule has 0 aromatic heterocycles. The van der Waals surface area contributed by atoms with Gasteiger partial charge in [-0.25, -0.2) is 0 Å². The molecule has 1 N–H and O–H groups in total. The van der Waals surface area contributed by atoms with Gasteiger partial charge in [-0.3, -0.25) is 15.1 Å². The summed E-state index contributed by atoms with van der Waals surface area (Å²) >= 11 is 7.71. The van der Waals surface area contributed by atoms with Crippen molar-refractivity contribution >= 4 is 46.3 Å². The summed E-state index contributed by atoms with van der Waals surface area (Å²) in [5.41, 5.74) is 1.74. The molecule has 2 aromatic rings. The number of nitrogens with zero attached hydrogens (tertiary/aromatic N) is 2. The summed E-state index contributed by atoms with van der Waals surface area (Å²) in [5.74, 6) is 1.45. The zero-order chi connectivity index (χ0) is 22.7. The van der Waals surface area contributed by atoms with Gasteiger partial charge >= 0.3 is 0 Å². The highest BCUT2D eigenvalue weighted by molar-refractivity contribution is 8.16. The molecular weight excluding hydrogens is 450 g/mol. The van der Waals surface area contributed by atoms with Crippen LogP contribution in [0.1, 0.15) is 12.5 Å². The first kappa shape index (κ1) is 22.0. The van der Waals surface area contributed by atoms with Crippen LogP contribution in [0.2, 0.25) is 5.02 Å². The number of fused-ring (bicyclic) bond motifs is 1. The molecule has 0 bridgehead atoms. The monoisotopic (exact) mass is 469 g/mol. The van der Waals surface area contributed by atoms with Gasteiger partial charge < -0.3 is 14.2 Å². The molecule has 0 radical (unpaired) electrons. The minimum atomic E-state index is -0.443. The third kappa shape index (κ3) is 4.51. The van der Waals surface area contributed by atoms with Crippen molar-refractivity contribution in [1.82, 2.24) is 4.90 Å². The van der Waals surface area contributed by atoms with E-state index in [2.05, 4.69) is 4.99 Å². The summed E-state index contributed by atoms with van der Waals surface area (Å²) < 4.78 is 16.7. The molecule has 0 fully saturated rings. The molecule has 0 aliphatic carbocycles. The van der Waals surface area contributed by atoms with Crippen molar-refractivity contribution in [2.24, 2.45) is 4.99 Å². The van der Waals surface area contributed by atoms with Crippen LogP contribution >= 0.6 is 23.4 Å². The number of rotatable bonds is 7. The third-order valence-corrected chi connectivity index (χ3v) is 5.96. The fourth-order valence-electron chi connectivity index (χ4n) is 3.17. The standard InChI is InChI=1S/C23H20ClN3O4S/c1-14-13-32-23-26-22(28)16(21(25)27(14)23)11-15-7-8-18(17(24)12-15)30-9-10-31-20-6-4-3-5-19(20)29-2/h3-8,11-13,25H,9-10H2,1-2H3/b16-11-,25-21?. The Morgan fingerprint density at radius 2 is 1.84 bits per heavy atom. The highest BCUT2D eigenvalue weighted by Crippen LogP contribution is 2.33. The van der Waals surface area contributed by atoms with E-state index < -0.39 is 5.91 Å². The number of benzene rings is 2. The smallest absolute Gasteiger partial charge is 0.283 e. The lowest BCUT2D eigenvalue weighted by molar-refractivity contribution is -0.114. The molecule has 2 aliphatic rings. The zero-order valence-corrected chi connectivity index (χ0v) is 19.0. The molecule has 4 rings (SSSR count). The van der Waals surface area contributed by atoms with Crippen LogP contribution in [0.5, 0.6) is 17.2 Å². The van der Waals surface area contributed by atoms with Gasteiger partial charge in [0.15, 0.2) is 16.7 Å². The molecule has 32 heavy (non-hydrogen) atoms. The second-order valence-corrected chi connectivity index (χ2v) is 8.10. The maximum absolute atomic E-state index is 12.4. The number of aliphatic imine (C=N–C) groups is 1. The lowest BCUT2D eigenvalue weighted by Gasteiger charge is -2.25. The lowest BCUT2D eigenvalue weighted by Crippen LogP contribution is -2.37. The maximum Gasteiger partial charge on any atom is 0.283 e. The predicted octanol–water partition coefficient (Wildman–Crippen LogP) is 4.97. The van der Waals surface area contributed by atoms with Crippen LogP contribution in [0.3, 0.4) is 0 Å². The number of thioether (sulfide) groups is 1. The van der Waals surface area contributed by atoms with Crippen molar-refractivity contribution in [1.29, 1.82) is 5.41 Å². The van der Waals surface area contributed by atoms with Crippen LogP contribution in [-0.2, 0) is 4.79 Å². The van der Waals surface area contributed by atoms with Crippen molar-refractivity contribution in [2.75, 3.05) is 20.3 Å². The first-order valence-corrected chi connectivity index (χ1v) is 11.0. The van der Waals surface area contributed by atoms with Crippen molar-refractivity contribution in [3.05, 3.63) is 69.7 Å². The Hall–Kier alpha value is -3.23. The van der Waals surface area contributed by atoms with Gasteiger partial charge in [0.05, 0.1) is 17.7 Å². The van der Waals surface area contributed by atoms with Crippen LogP contribution in [-0.4, -0.2) is 42.1 Å². The largest absolute Gasteiger partial charge is 0.493 e. The van der Waals surface area contributed by atoms with Crippen molar-refractivity contribution < 1.29 is 19.0 Å². The topological polar surface area (TPSA) is 84.2 Å². The number of allylic oxidation sites excluding steroid dienone is 1. The van der Waals surface area contributed by atoms with E-state index >= 15 is 0 Å². The maximum atomic E-state index is 12.4. The molecule has 0 saturated carbocycles. The minimum Gasteiger partial charge on any atom is -0.493 e. The highest BCUT2D eigenvalue weighted by atomic mass is 35.5. The Balaban J connectivity index is 1.41. The Morgan fingerprint density at radius 1 is 1.12 bits per heavy atom. The molecule has 2 aliphatic heterocycles. The normalized spacial score (nSPS) is 16.6. The van der Waals surface area contributed by atoms with E-state index in [1.807, 2.05) is 36.6 Å². The van der Waals surface area contributed by atoms with Gasteiger partial charge in [0.25, 0.3) is 5.91 Å². The fourth-order valence-corrected chi connectivity index (χ4v) is 4.27. The quantitative estimate of drug-likeness (QED) is 0.455. The molecule has 2 heterocycles. The Kier molecular flexibility index (Phi) is 6.53. The summed E-state index contributed by atoms with van der Waals surface area (Å²) in [7, 11) is 1.59. The highest BCUT2D eigenvalue weighted by Gasteiger charge is 2.33. The molecule has 7 nitrogen and oxygen atoms in total. The summed E-state index contributed by atoms with van der Waals surface area (Å²) in [6.07, 6.45) is 1.61. The molecule has 0 unspecified atom stereocenters. The third-order valence-electron chi connectivity index (χ3n) is 4.72. The average molecular weight is 470 g/mol. The van der Waals surface area contributed by atoms with E-state index in [4.69, 9.17) is 31.2 Å². The number of amides is 1. The fraction of sp³-hybridized carbons (Fsp3) is 0.174. The number of carbonyl (C=O) groups excluding carboxylic acids is 1. The number of hydrogen-bond acceptors (Lipinski definition) is 6. The van der Waals surface area contributed by atoms with E-state index in [1.165, 1.54) is 11.8 Å². The van der Waals surface area contributed by atoms with Gasteiger partial charge in [-0.2, -0.15) is 4.99 Å². The predicted molar refractivity (Wildman–Crippen MR) is 127 cm³/mol. The number of hydrogen-bond donors (Lipinski definition) is 1. The minimum absolute atomic E-state index is 0.101. The molecule has 0 spiro atoms. The van der Waals surface area contributed by atoms with Crippen molar-refractivity contribution in [3.8, 4) is 17.2 Å². The molecule has 1 amide bonds. The average Bonchev–Trinajstić information content (AvgIpc) is 3.15. The zero-order valence-electron chi connectivity index (χ0n) is 17.4. The number of methoxy groups -OCH3 is 1. The van der Waals surface area contributed by atoms with Crippen LogP contribution in [0.25, 0.3) is 6.08 Å². The lowest BCUT2D eigenvalue weighted by atomic mass is 10.1. The number of para-hydroxylation sites is 2. The SMILES string of the molecule is COc1ccccc1OCCOc1ccc(/C=C2/C(=N)N3C(C)=CSC3=NC2=O)cc1Cl. The summed E-state index contributed by atoms with van der Waals surface area (Å²) in [5, 5.41) is 11.2. The van der Waals surface area contributed by atoms with Gasteiger partial charge in [0.1, 0.15) is 24.8 Å². The Bertz CT molecular complexity index is 1180. The molecule has 0 saturated heterocycles. The van der Waals surface area contributed by atoms with Crippen LogP contribution in [0, 0.1) is 5.41 Å². The molecular formula is C23H20ClN3O4S. The second kappa shape index (κ2) is 9.50. The number of nitrogens with one attached hydrogen (secondary N) is 1. The second-order valence-electron chi connectivity index (χ2n) is 6.86. The van der Waals surface area contributed by atoms with Gasteiger partial charge in [-0.05, 0) is 48.2 Å². The van der Waals surface area contributed by atoms with Crippen LogP contribution < -0.4 is 14.2 Å². The van der Waals surface area contributed by atoms with Gasteiger partial charge in [0.2, 0.25) is 0 Å². The Morgan fingerprint density at radius 3 is 2.56 bits per heavy atom. The number of carbonyl (C=O) groups is 1. The number of amidine groups is 2. The first-order valence-electron chi connectivity index (χ1n) is 9.73. The molecule has 9 heteroatoms. The first-order chi connectivity index (χ1) is 15.5. The van der Waals surface area contributed by atoms with Crippen LogP contribution in [0.4, 0.5) is 0 Å². The number of halogens is 1. The van der Waals surface area contributed by atoms with Gasteiger partial charge in [-0.1, -0.05) is 41.6 Å². The summed E-state index contributed by atoms with van der Waals surface area (Å²) in [4.78, 5) is 18.1. The molecule has 2 aromatic carbocycles. The van der Waals surface area contributed by atoms with E-state index in [-0.39, 0.29) is 18.0 Å². The van der Waals surface area contributed by atoms with Gasteiger partial charge in [-0.15, -0.1) is 0 Å². The van der Waals surface area contributed by atoms with E-state index in [1.54, 1.807) is 36.3 Å². The van der Waals surface area contributed by atoms with Crippen LogP contribution in [0.15, 0.2) is 64.1 Å². The van der Waals surface area contributed by atoms with Crippen molar-refractivity contribution in [3.63, 3.8) is 0 Å². The summed E-state index contributed by atoms with van der Waals surface area (Å²) in [6.45, 7) is 2.48. The van der Waals surface area contributed by atoms with E-state index in [9.17, 15) is 4.79 Å². The summed E-state index contributed by atoms with van der Waals surface area (Å²) in [6, 6.07) is 12.6. The van der Waals surface area contributed by atoms with E-state index in [0.717, 1.165) is 5.70 Å². The number of ether oxygens (including phenoxy) is 3. The van der Waals surface area contributed by atoms with E-state index in [0.29, 0.717) is 39.6 Å². The molecule has 0 atom stereocenters. The van der Waals surface area contributed by atoms with Crippen molar-refractivity contribution in [2.45, 2.75) is 6.92 Å². The molecule has 164 valence electrons. The van der Waals surface area contributed by atoms with Gasteiger partial charge in [0, 0.05) is 5.70 Å².